The second-order valence-corrected chi connectivity index (χ2v) is 7.28. The topological polar surface area (TPSA) is 28.1 Å². The van der Waals surface area contributed by atoms with E-state index in [1.54, 1.807) is 7.11 Å². The van der Waals surface area contributed by atoms with Crippen molar-refractivity contribution in [3.63, 3.8) is 0 Å². The second-order valence-electron chi connectivity index (χ2n) is 7.28. The second kappa shape index (κ2) is 8.82. The largest absolute Gasteiger partial charge is 0.496 e. The quantitative estimate of drug-likeness (QED) is 0.573. The van der Waals surface area contributed by atoms with Gasteiger partial charge in [0.25, 0.3) is 0 Å². The minimum atomic E-state index is 0.833. The molecule has 0 radical (unpaired) electrons. The molecule has 4 heteroatoms. The van der Waals surface area contributed by atoms with E-state index in [0.29, 0.717) is 0 Å². The number of hydrogen-bond donors (Lipinski definition) is 0. The van der Waals surface area contributed by atoms with E-state index in [1.165, 1.54) is 16.9 Å². The van der Waals surface area contributed by atoms with E-state index in [0.717, 1.165) is 43.2 Å². The molecule has 0 amide bonds. The fourth-order valence-electron chi connectivity index (χ4n) is 3.79. The summed E-state index contributed by atoms with van der Waals surface area (Å²) >= 11 is 0. The highest BCUT2D eigenvalue weighted by Gasteiger charge is 2.18. The molecule has 0 spiro atoms. The van der Waals surface area contributed by atoms with Crippen LogP contribution in [-0.4, -0.2) is 39.5 Å². The first-order chi connectivity index (χ1) is 14.2. The van der Waals surface area contributed by atoms with Gasteiger partial charge in [-0.25, -0.2) is 0 Å². The summed E-state index contributed by atoms with van der Waals surface area (Å²) in [7, 11) is 1.68. The van der Waals surface area contributed by atoms with Crippen molar-refractivity contribution in [2.75, 3.05) is 43.1 Å². The molecule has 0 unspecified atom stereocenters. The van der Waals surface area contributed by atoms with Crippen molar-refractivity contribution >= 4 is 23.3 Å². The normalized spacial score (nSPS) is 14.4. The number of hydrogen-bond acceptors (Lipinski definition) is 4. The van der Waals surface area contributed by atoms with Crippen molar-refractivity contribution in [3.8, 4) is 5.75 Å². The summed E-state index contributed by atoms with van der Waals surface area (Å²) < 4.78 is 5.38. The summed E-state index contributed by atoms with van der Waals surface area (Å²) in [6, 6.07) is 25.0. The maximum atomic E-state index is 5.38. The van der Waals surface area contributed by atoms with Crippen LogP contribution < -0.4 is 14.5 Å². The third kappa shape index (κ3) is 4.43. The third-order valence-electron chi connectivity index (χ3n) is 5.44. The molecular weight excluding hydrogens is 358 g/mol. The number of benzene rings is 3. The number of nitrogens with zero attached hydrogens (tertiary/aromatic N) is 3. The van der Waals surface area contributed by atoms with Gasteiger partial charge in [-0.3, -0.25) is 4.99 Å². The van der Waals surface area contributed by atoms with Crippen LogP contribution in [0.25, 0.3) is 0 Å². The van der Waals surface area contributed by atoms with Gasteiger partial charge in [-0.2, -0.15) is 0 Å². The Morgan fingerprint density at radius 3 is 2.17 bits per heavy atom. The number of ether oxygens (including phenoxy) is 1. The van der Waals surface area contributed by atoms with Crippen molar-refractivity contribution in [3.05, 3.63) is 83.9 Å². The van der Waals surface area contributed by atoms with Crippen LogP contribution in [0.15, 0.2) is 77.8 Å². The number of rotatable bonds is 5. The van der Waals surface area contributed by atoms with Gasteiger partial charge in [0.2, 0.25) is 0 Å². The first-order valence-corrected chi connectivity index (χ1v) is 10.1. The van der Waals surface area contributed by atoms with Gasteiger partial charge in [0, 0.05) is 49.3 Å². The first kappa shape index (κ1) is 19.1. The van der Waals surface area contributed by atoms with Crippen LogP contribution in [0.5, 0.6) is 5.75 Å². The zero-order valence-electron chi connectivity index (χ0n) is 17.1. The molecule has 148 valence electrons. The Labute approximate surface area is 173 Å². The molecular formula is C25H27N3O. The lowest BCUT2D eigenvalue weighted by Gasteiger charge is -2.38. The molecule has 1 aliphatic rings. The zero-order chi connectivity index (χ0) is 20.1. The number of anilines is 2. The lowest BCUT2D eigenvalue weighted by Crippen LogP contribution is -2.46. The van der Waals surface area contributed by atoms with E-state index in [1.807, 2.05) is 30.5 Å². The minimum absolute atomic E-state index is 0.833. The molecule has 0 aliphatic carbocycles. The van der Waals surface area contributed by atoms with Crippen molar-refractivity contribution in [1.29, 1.82) is 0 Å². The SMILES string of the molecule is COc1ccccc1C=Nc1ccc(N2CCN(c3ccccc3C)CC2)cc1. The lowest BCUT2D eigenvalue weighted by atomic mass is 10.1. The van der Waals surface area contributed by atoms with E-state index in [2.05, 4.69) is 70.2 Å². The fraction of sp³-hybridized carbons (Fsp3) is 0.240. The van der Waals surface area contributed by atoms with Crippen molar-refractivity contribution in [2.24, 2.45) is 4.99 Å². The number of aliphatic imine (C=N–C) groups is 1. The Hall–Kier alpha value is -3.27. The van der Waals surface area contributed by atoms with E-state index < -0.39 is 0 Å². The summed E-state index contributed by atoms with van der Waals surface area (Å²) in [4.78, 5) is 9.53. The predicted molar refractivity (Wildman–Crippen MR) is 122 cm³/mol. The molecule has 0 bridgehead atoms. The van der Waals surface area contributed by atoms with E-state index in [9.17, 15) is 0 Å². The monoisotopic (exact) mass is 385 g/mol. The molecule has 0 atom stereocenters. The Kier molecular flexibility index (Phi) is 5.80. The molecule has 1 aliphatic heterocycles. The van der Waals surface area contributed by atoms with Crippen molar-refractivity contribution < 1.29 is 4.74 Å². The molecule has 1 fully saturated rings. The van der Waals surface area contributed by atoms with Crippen LogP contribution in [0.1, 0.15) is 11.1 Å². The maximum absolute atomic E-state index is 5.38. The lowest BCUT2D eigenvalue weighted by molar-refractivity contribution is 0.414. The van der Waals surface area contributed by atoms with E-state index >= 15 is 0 Å². The molecule has 0 N–H and O–H groups in total. The highest BCUT2D eigenvalue weighted by atomic mass is 16.5. The van der Waals surface area contributed by atoms with Crippen LogP contribution in [0, 0.1) is 6.92 Å². The van der Waals surface area contributed by atoms with Gasteiger partial charge in [0.1, 0.15) is 5.75 Å². The summed E-state index contributed by atoms with van der Waals surface area (Å²) in [5, 5.41) is 0. The molecule has 3 aromatic carbocycles. The molecule has 0 aromatic heterocycles. The van der Waals surface area contributed by atoms with Crippen LogP contribution in [-0.2, 0) is 0 Å². The molecule has 1 saturated heterocycles. The molecule has 0 saturated carbocycles. The molecule has 4 nitrogen and oxygen atoms in total. The van der Waals surface area contributed by atoms with Gasteiger partial charge >= 0.3 is 0 Å². The summed E-state index contributed by atoms with van der Waals surface area (Å²) in [5.74, 6) is 0.833. The average Bonchev–Trinajstić information content (AvgIpc) is 2.79. The smallest absolute Gasteiger partial charge is 0.127 e. The summed E-state index contributed by atoms with van der Waals surface area (Å²) in [6.45, 7) is 6.32. The highest BCUT2D eigenvalue weighted by Crippen LogP contribution is 2.25. The van der Waals surface area contributed by atoms with Gasteiger partial charge in [-0.05, 0) is 55.0 Å². The van der Waals surface area contributed by atoms with Crippen LogP contribution >= 0.6 is 0 Å². The number of piperazine rings is 1. The molecule has 4 rings (SSSR count). The highest BCUT2D eigenvalue weighted by molar-refractivity contribution is 5.85. The van der Waals surface area contributed by atoms with Crippen LogP contribution in [0.2, 0.25) is 0 Å². The number of aryl methyl sites for hydroxylation is 1. The van der Waals surface area contributed by atoms with Gasteiger partial charge in [0.15, 0.2) is 0 Å². The van der Waals surface area contributed by atoms with Gasteiger partial charge in [-0.1, -0.05) is 30.3 Å². The minimum Gasteiger partial charge on any atom is -0.496 e. The van der Waals surface area contributed by atoms with Crippen molar-refractivity contribution in [1.82, 2.24) is 0 Å². The van der Waals surface area contributed by atoms with Crippen molar-refractivity contribution in [2.45, 2.75) is 6.92 Å². The van der Waals surface area contributed by atoms with Crippen LogP contribution in [0.3, 0.4) is 0 Å². The average molecular weight is 386 g/mol. The van der Waals surface area contributed by atoms with Crippen LogP contribution in [0.4, 0.5) is 17.1 Å². The Balaban J connectivity index is 1.39. The Morgan fingerprint density at radius 1 is 0.793 bits per heavy atom. The summed E-state index contributed by atoms with van der Waals surface area (Å²) in [5.41, 5.74) is 5.88. The number of methoxy groups -OCH3 is 1. The Bertz CT molecular complexity index is 973. The van der Waals surface area contributed by atoms with E-state index in [4.69, 9.17) is 4.74 Å². The van der Waals surface area contributed by atoms with Gasteiger partial charge in [-0.15, -0.1) is 0 Å². The maximum Gasteiger partial charge on any atom is 0.127 e. The van der Waals surface area contributed by atoms with E-state index in [-0.39, 0.29) is 0 Å². The molecule has 29 heavy (non-hydrogen) atoms. The third-order valence-corrected chi connectivity index (χ3v) is 5.44. The molecule has 3 aromatic rings. The Morgan fingerprint density at radius 2 is 1.45 bits per heavy atom. The van der Waals surface area contributed by atoms with Gasteiger partial charge < -0.3 is 14.5 Å². The standard InChI is InChI=1S/C25H27N3O/c1-20-7-3-5-9-24(20)28-17-15-27(16-18-28)23-13-11-22(12-14-23)26-19-21-8-4-6-10-25(21)29-2/h3-14,19H,15-18H2,1-2H3. The summed E-state index contributed by atoms with van der Waals surface area (Å²) in [6.07, 6.45) is 1.86. The molecule has 1 heterocycles. The zero-order valence-corrected chi connectivity index (χ0v) is 17.1. The van der Waals surface area contributed by atoms with Gasteiger partial charge in [0.05, 0.1) is 12.8 Å². The number of para-hydroxylation sites is 2. The fourth-order valence-corrected chi connectivity index (χ4v) is 3.79. The first-order valence-electron chi connectivity index (χ1n) is 10.1. The predicted octanol–water partition coefficient (Wildman–Crippen LogP) is 5.08.